The Kier molecular flexibility index (Phi) is 3.29. The molecule has 1 aromatic rings. The molecule has 0 amide bonds. The predicted octanol–water partition coefficient (Wildman–Crippen LogP) is 1.48. The van der Waals surface area contributed by atoms with Gasteiger partial charge in [0, 0.05) is 29.8 Å². The molecule has 0 aliphatic carbocycles. The summed E-state index contributed by atoms with van der Waals surface area (Å²) in [4.78, 5) is 2.19. The lowest BCUT2D eigenvalue weighted by Gasteiger charge is -2.18. The number of nitrogens with two attached hydrogens (primary N) is 1. The molecule has 3 N–H and O–H groups in total. The molecule has 1 fully saturated rings. The number of aliphatic hydroxyl groups is 1. The fraction of sp³-hybridized carbons (Fsp3) is 0.455. The average Bonchev–Trinajstić information content (AvgIpc) is 2.65. The number of anilines is 1. The van der Waals surface area contributed by atoms with Crippen LogP contribution >= 0.6 is 15.9 Å². The molecule has 0 aromatic heterocycles. The number of rotatable bonds is 2. The van der Waals surface area contributed by atoms with Gasteiger partial charge in [0.1, 0.15) is 0 Å². The van der Waals surface area contributed by atoms with Crippen LogP contribution in [-0.2, 0) is 6.54 Å². The van der Waals surface area contributed by atoms with Crippen LogP contribution in [0.25, 0.3) is 0 Å². The van der Waals surface area contributed by atoms with Crippen molar-refractivity contribution in [2.75, 3.05) is 18.0 Å². The van der Waals surface area contributed by atoms with Crippen LogP contribution in [0, 0.1) is 0 Å². The molecule has 1 aromatic carbocycles. The number of hydrogen-bond donors (Lipinski definition) is 2. The van der Waals surface area contributed by atoms with Gasteiger partial charge in [0.2, 0.25) is 0 Å². The molecule has 1 aliphatic heterocycles. The van der Waals surface area contributed by atoms with Crippen molar-refractivity contribution in [3.05, 3.63) is 28.2 Å². The highest BCUT2D eigenvalue weighted by molar-refractivity contribution is 9.10. The summed E-state index contributed by atoms with van der Waals surface area (Å²) in [5.41, 5.74) is 7.85. The van der Waals surface area contributed by atoms with E-state index in [4.69, 9.17) is 5.73 Å². The summed E-state index contributed by atoms with van der Waals surface area (Å²) in [6, 6.07) is 6.16. The van der Waals surface area contributed by atoms with E-state index in [0.717, 1.165) is 35.2 Å². The van der Waals surface area contributed by atoms with Gasteiger partial charge in [0.15, 0.2) is 0 Å². The van der Waals surface area contributed by atoms with E-state index in [1.165, 1.54) is 0 Å². The van der Waals surface area contributed by atoms with E-state index in [1.807, 2.05) is 6.07 Å². The maximum atomic E-state index is 9.46. The van der Waals surface area contributed by atoms with Crippen molar-refractivity contribution in [3.8, 4) is 0 Å². The van der Waals surface area contributed by atoms with Crippen molar-refractivity contribution in [3.63, 3.8) is 0 Å². The second-order valence-corrected chi connectivity index (χ2v) is 4.72. The Hall–Kier alpha value is -0.580. The van der Waals surface area contributed by atoms with Gasteiger partial charge in [0.05, 0.1) is 6.10 Å². The Morgan fingerprint density at radius 3 is 2.87 bits per heavy atom. The van der Waals surface area contributed by atoms with Crippen molar-refractivity contribution in [1.82, 2.24) is 0 Å². The monoisotopic (exact) mass is 270 g/mol. The smallest absolute Gasteiger partial charge is 0.0731 e. The van der Waals surface area contributed by atoms with Crippen molar-refractivity contribution in [2.45, 2.75) is 19.1 Å². The molecule has 1 atom stereocenters. The highest BCUT2D eigenvalue weighted by Gasteiger charge is 2.20. The number of β-amino-alcohol motifs (C(OH)–C–C–N with tert-alkyl or cyclic N) is 1. The third-order valence-electron chi connectivity index (χ3n) is 2.79. The van der Waals surface area contributed by atoms with Gasteiger partial charge in [-0.25, -0.2) is 0 Å². The molecule has 1 aliphatic rings. The molecule has 3 nitrogen and oxygen atoms in total. The SMILES string of the molecule is NCc1ccc(N2CCC(O)C2)cc1Br. The van der Waals surface area contributed by atoms with Gasteiger partial charge < -0.3 is 15.7 Å². The third kappa shape index (κ3) is 2.33. The third-order valence-corrected chi connectivity index (χ3v) is 3.52. The first-order chi connectivity index (χ1) is 7.20. The molecule has 82 valence electrons. The standard InChI is InChI=1S/C11H15BrN2O/c12-11-5-9(2-1-8(11)6-13)14-4-3-10(15)7-14/h1-2,5,10,15H,3-4,6-7,13H2. The molecule has 0 saturated carbocycles. The van der Waals surface area contributed by atoms with Crippen LogP contribution in [0.5, 0.6) is 0 Å². The van der Waals surface area contributed by atoms with Gasteiger partial charge in [-0.2, -0.15) is 0 Å². The fourth-order valence-electron chi connectivity index (χ4n) is 1.87. The zero-order valence-corrected chi connectivity index (χ0v) is 10.1. The number of hydrogen-bond acceptors (Lipinski definition) is 3. The molecule has 1 saturated heterocycles. The highest BCUT2D eigenvalue weighted by atomic mass is 79.9. The maximum absolute atomic E-state index is 9.46. The fourth-order valence-corrected chi connectivity index (χ4v) is 2.40. The molecule has 0 spiro atoms. The summed E-state index contributed by atoms with van der Waals surface area (Å²) < 4.78 is 1.05. The van der Waals surface area contributed by atoms with E-state index < -0.39 is 0 Å². The van der Waals surface area contributed by atoms with E-state index in [1.54, 1.807) is 0 Å². The van der Waals surface area contributed by atoms with E-state index in [9.17, 15) is 5.11 Å². The minimum absolute atomic E-state index is 0.182. The second-order valence-electron chi connectivity index (χ2n) is 3.87. The van der Waals surface area contributed by atoms with Crippen LogP contribution in [0.1, 0.15) is 12.0 Å². The Labute approximate surface area is 98.0 Å². The lowest BCUT2D eigenvalue weighted by atomic mass is 10.2. The lowest BCUT2D eigenvalue weighted by molar-refractivity contribution is 0.198. The summed E-state index contributed by atoms with van der Waals surface area (Å²) in [5, 5.41) is 9.46. The molecule has 1 unspecified atom stereocenters. The van der Waals surface area contributed by atoms with Crippen LogP contribution in [0.15, 0.2) is 22.7 Å². The number of benzene rings is 1. The maximum Gasteiger partial charge on any atom is 0.0731 e. The summed E-state index contributed by atoms with van der Waals surface area (Å²) >= 11 is 3.50. The van der Waals surface area contributed by atoms with Gasteiger partial charge in [-0.1, -0.05) is 22.0 Å². The minimum Gasteiger partial charge on any atom is -0.391 e. The van der Waals surface area contributed by atoms with Gasteiger partial charge in [-0.15, -0.1) is 0 Å². The molecule has 0 bridgehead atoms. The molecule has 1 heterocycles. The normalized spacial score (nSPS) is 21.0. The molecule has 0 radical (unpaired) electrons. The van der Waals surface area contributed by atoms with Crippen molar-refractivity contribution in [1.29, 1.82) is 0 Å². The Morgan fingerprint density at radius 1 is 1.53 bits per heavy atom. The Balaban J connectivity index is 2.19. The van der Waals surface area contributed by atoms with E-state index in [-0.39, 0.29) is 6.10 Å². The summed E-state index contributed by atoms with van der Waals surface area (Å²) in [6.45, 7) is 2.20. The van der Waals surface area contributed by atoms with E-state index in [2.05, 4.69) is 33.0 Å². The molecule has 4 heteroatoms. The summed E-state index contributed by atoms with van der Waals surface area (Å²) in [7, 11) is 0. The second kappa shape index (κ2) is 4.51. The zero-order valence-electron chi connectivity index (χ0n) is 8.49. The first kappa shape index (κ1) is 10.9. The van der Waals surface area contributed by atoms with Gasteiger partial charge in [-0.05, 0) is 24.1 Å². The van der Waals surface area contributed by atoms with Crippen LogP contribution in [0.4, 0.5) is 5.69 Å². The van der Waals surface area contributed by atoms with Crippen LogP contribution in [0.2, 0.25) is 0 Å². The van der Waals surface area contributed by atoms with Gasteiger partial charge in [-0.3, -0.25) is 0 Å². The first-order valence-corrected chi connectivity index (χ1v) is 5.91. The zero-order chi connectivity index (χ0) is 10.8. The van der Waals surface area contributed by atoms with E-state index >= 15 is 0 Å². The van der Waals surface area contributed by atoms with Crippen LogP contribution < -0.4 is 10.6 Å². The average molecular weight is 271 g/mol. The minimum atomic E-state index is -0.182. The van der Waals surface area contributed by atoms with Crippen molar-refractivity contribution < 1.29 is 5.11 Å². The number of halogens is 1. The predicted molar refractivity (Wildman–Crippen MR) is 64.9 cm³/mol. The van der Waals surface area contributed by atoms with E-state index in [0.29, 0.717) is 6.54 Å². The van der Waals surface area contributed by atoms with Crippen LogP contribution in [-0.4, -0.2) is 24.3 Å². The van der Waals surface area contributed by atoms with Crippen molar-refractivity contribution in [2.24, 2.45) is 5.73 Å². The lowest BCUT2D eigenvalue weighted by Crippen LogP contribution is -2.21. The van der Waals surface area contributed by atoms with Gasteiger partial charge >= 0.3 is 0 Å². The van der Waals surface area contributed by atoms with Crippen molar-refractivity contribution >= 4 is 21.6 Å². The number of aliphatic hydroxyl groups excluding tert-OH is 1. The molecule has 2 rings (SSSR count). The quantitative estimate of drug-likeness (QED) is 0.856. The number of nitrogens with zero attached hydrogens (tertiary/aromatic N) is 1. The van der Waals surface area contributed by atoms with Crippen LogP contribution in [0.3, 0.4) is 0 Å². The first-order valence-electron chi connectivity index (χ1n) is 5.12. The van der Waals surface area contributed by atoms with Gasteiger partial charge in [0.25, 0.3) is 0 Å². The molecular weight excluding hydrogens is 256 g/mol. The topological polar surface area (TPSA) is 49.5 Å². The summed E-state index contributed by atoms with van der Waals surface area (Å²) in [5.74, 6) is 0. The largest absolute Gasteiger partial charge is 0.391 e. The molecule has 15 heavy (non-hydrogen) atoms. The Morgan fingerprint density at radius 2 is 2.33 bits per heavy atom. The Bertz CT molecular complexity index is 356. The molecular formula is C11H15BrN2O. The summed E-state index contributed by atoms with van der Waals surface area (Å²) in [6.07, 6.45) is 0.675. The highest BCUT2D eigenvalue weighted by Crippen LogP contribution is 2.26.